The second-order valence-corrected chi connectivity index (χ2v) is 10.2. The topological polar surface area (TPSA) is 128 Å². The summed E-state index contributed by atoms with van der Waals surface area (Å²) in [5.74, 6) is -4.15. The van der Waals surface area contributed by atoms with Crippen molar-refractivity contribution < 1.29 is 41.5 Å². The molecule has 220 valence electrons. The molecule has 1 fully saturated rings. The van der Waals surface area contributed by atoms with Crippen LogP contribution in [0.25, 0.3) is 0 Å². The molecule has 3 atom stereocenters. The van der Waals surface area contributed by atoms with E-state index in [1.807, 2.05) is 0 Å². The van der Waals surface area contributed by atoms with Crippen LogP contribution in [0.2, 0.25) is 0 Å². The lowest BCUT2D eigenvalue weighted by molar-refractivity contribution is -0.187. The minimum Gasteiger partial charge on any atom is -0.427 e. The lowest BCUT2D eigenvalue weighted by Crippen LogP contribution is -2.51. The lowest BCUT2D eigenvalue weighted by Gasteiger charge is -2.32. The molecule has 2 N–H and O–H groups in total. The molecule has 1 spiro atoms. The number of ether oxygens (including phenoxy) is 1. The van der Waals surface area contributed by atoms with E-state index in [-0.39, 0.29) is 18.5 Å². The minimum atomic E-state index is -4.83. The molecule has 10 nitrogen and oxygen atoms in total. The number of nitrogens with zero attached hydrogens (tertiary/aromatic N) is 4. The van der Waals surface area contributed by atoms with Crippen LogP contribution < -0.4 is 5.73 Å². The second kappa shape index (κ2) is 10.6. The first-order chi connectivity index (χ1) is 19.8. The second-order valence-electron chi connectivity index (χ2n) is 10.2. The maximum atomic E-state index is 14.0. The number of halogens is 4. The predicted molar refractivity (Wildman–Crippen MR) is 137 cm³/mol. The fraction of sp³-hybridized carbons (Fsp3) is 0.321. The Morgan fingerprint density at radius 1 is 1.14 bits per heavy atom. The fourth-order valence-electron chi connectivity index (χ4n) is 5.45. The van der Waals surface area contributed by atoms with Crippen LogP contribution in [0.4, 0.5) is 22.4 Å². The first-order valence-electron chi connectivity index (χ1n) is 12.9. The molecule has 3 aromatic rings. The molecule has 0 radical (unpaired) electrons. The van der Waals surface area contributed by atoms with Gasteiger partial charge < -0.3 is 15.4 Å². The van der Waals surface area contributed by atoms with Gasteiger partial charge in [0, 0.05) is 24.2 Å². The smallest absolute Gasteiger partial charge is 0.418 e. The van der Waals surface area contributed by atoms with Crippen LogP contribution in [0.1, 0.15) is 35.1 Å². The third kappa shape index (κ3) is 5.08. The summed E-state index contributed by atoms with van der Waals surface area (Å²) in [6.45, 7) is -1.02. The maximum Gasteiger partial charge on any atom is 0.418 e. The van der Waals surface area contributed by atoms with Crippen molar-refractivity contribution in [2.24, 2.45) is 5.73 Å². The average Bonchev–Trinajstić information content (AvgIpc) is 3.58. The van der Waals surface area contributed by atoms with E-state index in [9.17, 15) is 36.7 Å². The van der Waals surface area contributed by atoms with E-state index in [0.29, 0.717) is 26.5 Å². The largest absolute Gasteiger partial charge is 0.427 e. The fourth-order valence-corrected chi connectivity index (χ4v) is 5.45. The summed E-state index contributed by atoms with van der Waals surface area (Å²) in [6.07, 6.45) is -2.88. The molecule has 5 rings (SSSR count). The van der Waals surface area contributed by atoms with E-state index in [1.54, 1.807) is 24.3 Å². The third-order valence-electron chi connectivity index (χ3n) is 7.56. The van der Waals surface area contributed by atoms with Gasteiger partial charge in [0.25, 0.3) is 5.91 Å². The Labute approximate surface area is 236 Å². The molecule has 4 amide bonds. The number of nitrogens with two attached hydrogens (primary N) is 1. The van der Waals surface area contributed by atoms with Crippen LogP contribution >= 0.6 is 0 Å². The van der Waals surface area contributed by atoms with Crippen molar-refractivity contribution in [3.05, 3.63) is 89.0 Å². The predicted octanol–water partition coefficient (Wildman–Crippen LogP) is 3.00. The normalized spacial score (nSPS) is 20.5. The standard InChI is InChI=1S/C28H25F4N5O5/c1-16(28(30,31)32)36(12-17-6-8-20(29)9-7-17)24(39)15-37-25(40)27(42-26(37)41)21-5-3-2-4-18(21)10-22(27)19-11-34-35(13-19)14-23(33)38/h2-9,11,13,16,22H,10,12,14-15H2,1H3,(H2,33,38)/t16-,22?,27-/m0/s1. The van der Waals surface area contributed by atoms with Crippen molar-refractivity contribution in [2.45, 2.75) is 50.2 Å². The highest BCUT2D eigenvalue weighted by molar-refractivity contribution is 6.07. The van der Waals surface area contributed by atoms with Gasteiger partial charge in [0.05, 0.1) is 6.20 Å². The lowest BCUT2D eigenvalue weighted by atomic mass is 9.82. The molecule has 42 heavy (non-hydrogen) atoms. The van der Waals surface area contributed by atoms with Gasteiger partial charge in [0.2, 0.25) is 17.4 Å². The number of aromatic nitrogens is 2. The highest BCUT2D eigenvalue weighted by Crippen LogP contribution is 2.53. The van der Waals surface area contributed by atoms with Crippen molar-refractivity contribution in [2.75, 3.05) is 6.54 Å². The average molecular weight is 588 g/mol. The number of amides is 4. The van der Waals surface area contributed by atoms with Gasteiger partial charge >= 0.3 is 12.3 Å². The van der Waals surface area contributed by atoms with Crippen LogP contribution in [0.5, 0.6) is 0 Å². The summed E-state index contributed by atoms with van der Waals surface area (Å²) in [7, 11) is 0. The molecule has 0 bridgehead atoms. The van der Waals surface area contributed by atoms with Crippen molar-refractivity contribution >= 4 is 23.8 Å². The summed E-state index contributed by atoms with van der Waals surface area (Å²) >= 11 is 0. The number of fused-ring (bicyclic) bond motifs is 2. The van der Waals surface area contributed by atoms with E-state index < -0.39 is 66.5 Å². The molecular weight excluding hydrogens is 562 g/mol. The highest BCUT2D eigenvalue weighted by atomic mass is 19.4. The molecule has 1 aliphatic heterocycles. The molecule has 2 aliphatic rings. The Hall–Kier alpha value is -4.75. The quantitative estimate of drug-likeness (QED) is 0.404. The summed E-state index contributed by atoms with van der Waals surface area (Å²) < 4.78 is 61.6. The maximum absolute atomic E-state index is 14.0. The molecule has 14 heteroatoms. The molecule has 1 saturated heterocycles. The zero-order chi connectivity index (χ0) is 30.4. The number of carbonyl (C=O) groups excluding carboxylic acids is 4. The number of imide groups is 1. The summed E-state index contributed by atoms with van der Waals surface area (Å²) in [6, 6.07) is 9.01. The van der Waals surface area contributed by atoms with E-state index in [1.165, 1.54) is 29.2 Å². The Bertz CT molecular complexity index is 1560. The van der Waals surface area contributed by atoms with Crippen LogP contribution in [-0.4, -0.2) is 62.2 Å². The van der Waals surface area contributed by atoms with E-state index in [2.05, 4.69) is 5.10 Å². The molecule has 1 unspecified atom stereocenters. The SMILES string of the molecule is C[C@H](N(Cc1ccc(F)cc1)C(=O)CN1C(=O)O[C@@]2(C1=O)c1ccccc1CC2c1cnn(CC(N)=O)c1)C(F)(F)F. The first kappa shape index (κ1) is 28.8. The zero-order valence-electron chi connectivity index (χ0n) is 22.2. The van der Waals surface area contributed by atoms with Gasteiger partial charge in [-0.25, -0.2) is 14.1 Å². The summed E-state index contributed by atoms with van der Waals surface area (Å²) in [5.41, 5.74) is 5.06. The van der Waals surface area contributed by atoms with Gasteiger partial charge in [-0.15, -0.1) is 0 Å². The summed E-state index contributed by atoms with van der Waals surface area (Å²) in [5, 5.41) is 4.10. The van der Waals surface area contributed by atoms with E-state index in [4.69, 9.17) is 10.5 Å². The van der Waals surface area contributed by atoms with Crippen LogP contribution in [0, 0.1) is 5.82 Å². The number of hydrogen-bond donors (Lipinski definition) is 1. The van der Waals surface area contributed by atoms with Gasteiger partial charge in [-0.2, -0.15) is 18.3 Å². The number of rotatable bonds is 8. The first-order valence-corrected chi connectivity index (χ1v) is 12.9. The van der Waals surface area contributed by atoms with Crippen LogP contribution in [0.15, 0.2) is 60.9 Å². The van der Waals surface area contributed by atoms with Gasteiger partial charge in [0.15, 0.2) is 0 Å². The Balaban J connectivity index is 1.47. The molecule has 0 saturated carbocycles. The number of hydrogen-bond acceptors (Lipinski definition) is 6. The van der Waals surface area contributed by atoms with E-state index in [0.717, 1.165) is 19.1 Å². The van der Waals surface area contributed by atoms with Gasteiger partial charge in [-0.05, 0) is 42.2 Å². The summed E-state index contributed by atoms with van der Waals surface area (Å²) in [4.78, 5) is 52.9. The van der Waals surface area contributed by atoms with Crippen molar-refractivity contribution in [3.8, 4) is 0 Å². The number of primary amides is 1. The zero-order valence-corrected chi connectivity index (χ0v) is 22.2. The monoisotopic (exact) mass is 587 g/mol. The van der Waals surface area contributed by atoms with Gasteiger partial charge in [-0.3, -0.25) is 19.1 Å². The highest BCUT2D eigenvalue weighted by Gasteiger charge is 2.64. The van der Waals surface area contributed by atoms with Crippen LogP contribution in [0.3, 0.4) is 0 Å². The number of alkyl halides is 3. The Morgan fingerprint density at radius 3 is 2.50 bits per heavy atom. The molecule has 2 heterocycles. The van der Waals surface area contributed by atoms with Crippen molar-refractivity contribution in [1.29, 1.82) is 0 Å². The van der Waals surface area contributed by atoms with Gasteiger partial charge in [-0.1, -0.05) is 36.4 Å². The Morgan fingerprint density at radius 2 is 1.83 bits per heavy atom. The number of carbonyl (C=O) groups is 4. The van der Waals surface area contributed by atoms with Gasteiger partial charge in [0.1, 0.15) is 24.9 Å². The van der Waals surface area contributed by atoms with Crippen LogP contribution in [-0.2, 0) is 44.2 Å². The van der Waals surface area contributed by atoms with E-state index >= 15 is 0 Å². The Kier molecular flexibility index (Phi) is 7.25. The minimum absolute atomic E-state index is 0.213. The molecular formula is C28H25F4N5O5. The molecule has 1 aliphatic carbocycles. The molecule has 1 aromatic heterocycles. The van der Waals surface area contributed by atoms with Crippen molar-refractivity contribution in [1.82, 2.24) is 19.6 Å². The third-order valence-corrected chi connectivity index (χ3v) is 7.56. The molecule has 2 aromatic carbocycles. The van der Waals surface area contributed by atoms with Crippen molar-refractivity contribution in [3.63, 3.8) is 0 Å². The number of benzene rings is 2.